The molecule has 1 aliphatic rings. The number of anilines is 2. The molecule has 6 nitrogen and oxygen atoms in total. The topological polar surface area (TPSA) is 62.5 Å². The van der Waals surface area contributed by atoms with E-state index >= 15 is 0 Å². The highest BCUT2D eigenvalue weighted by Gasteiger charge is 2.28. The van der Waals surface area contributed by atoms with Gasteiger partial charge < -0.3 is 10.2 Å². The van der Waals surface area contributed by atoms with Crippen molar-refractivity contribution in [2.24, 2.45) is 5.92 Å². The van der Waals surface area contributed by atoms with Gasteiger partial charge in [-0.25, -0.2) is 0 Å². The van der Waals surface area contributed by atoms with E-state index in [0.29, 0.717) is 6.54 Å². The summed E-state index contributed by atoms with van der Waals surface area (Å²) in [6, 6.07) is 13.9. The predicted molar refractivity (Wildman–Crippen MR) is 102 cm³/mol. The summed E-state index contributed by atoms with van der Waals surface area (Å²) in [7, 11) is 0. The molecule has 0 bridgehead atoms. The zero-order chi connectivity index (χ0) is 17.9. The summed E-state index contributed by atoms with van der Waals surface area (Å²) < 4.78 is 1.98. The molecule has 1 amide bonds. The number of benzene rings is 1. The van der Waals surface area contributed by atoms with Crippen molar-refractivity contribution in [1.29, 1.82) is 0 Å². The van der Waals surface area contributed by atoms with E-state index in [1.54, 1.807) is 0 Å². The molecule has 134 valence electrons. The van der Waals surface area contributed by atoms with Crippen LogP contribution in [0.2, 0.25) is 0 Å². The van der Waals surface area contributed by atoms with Gasteiger partial charge in [-0.15, -0.1) is 10.2 Å². The van der Waals surface area contributed by atoms with Gasteiger partial charge in [0.25, 0.3) is 0 Å². The maximum absolute atomic E-state index is 12.7. The van der Waals surface area contributed by atoms with Crippen molar-refractivity contribution in [2.45, 2.75) is 26.2 Å². The van der Waals surface area contributed by atoms with Crippen LogP contribution in [0.5, 0.6) is 0 Å². The summed E-state index contributed by atoms with van der Waals surface area (Å²) in [5.74, 6) is 0.837. The second-order valence-corrected chi connectivity index (χ2v) is 6.75. The Morgan fingerprint density at radius 2 is 2.04 bits per heavy atom. The van der Waals surface area contributed by atoms with E-state index in [9.17, 15) is 4.79 Å². The van der Waals surface area contributed by atoms with Gasteiger partial charge in [-0.1, -0.05) is 25.1 Å². The Kier molecular flexibility index (Phi) is 4.56. The predicted octanol–water partition coefficient (Wildman–Crippen LogP) is 3.15. The Labute approximate surface area is 152 Å². The molecule has 3 aromatic rings. The van der Waals surface area contributed by atoms with Crippen molar-refractivity contribution in [3.8, 4) is 0 Å². The largest absolute Gasteiger partial charge is 0.340 e. The molecule has 1 fully saturated rings. The molecular formula is C20H23N5O. The van der Waals surface area contributed by atoms with Crippen molar-refractivity contribution in [1.82, 2.24) is 14.6 Å². The molecule has 0 aliphatic carbocycles. The molecule has 0 radical (unpaired) electrons. The molecule has 6 heteroatoms. The number of amides is 1. The smallest absolute Gasteiger partial charge is 0.231 e. The van der Waals surface area contributed by atoms with Crippen LogP contribution >= 0.6 is 0 Å². The number of hydrogen-bond acceptors (Lipinski definition) is 4. The van der Waals surface area contributed by atoms with E-state index in [0.717, 1.165) is 43.1 Å². The van der Waals surface area contributed by atoms with E-state index in [-0.39, 0.29) is 11.8 Å². The van der Waals surface area contributed by atoms with Gasteiger partial charge in [0, 0.05) is 25.0 Å². The molecule has 1 atom stereocenters. The molecule has 4 rings (SSSR count). The zero-order valence-corrected chi connectivity index (χ0v) is 14.9. The molecule has 0 saturated carbocycles. The number of hydrogen-bond donors (Lipinski definition) is 1. The average molecular weight is 349 g/mol. The monoisotopic (exact) mass is 349 g/mol. The first kappa shape index (κ1) is 16.6. The molecule has 26 heavy (non-hydrogen) atoms. The Bertz CT molecular complexity index is 902. The number of fused-ring (bicyclic) bond motifs is 1. The van der Waals surface area contributed by atoms with Crippen molar-refractivity contribution in [3.63, 3.8) is 0 Å². The first-order chi connectivity index (χ1) is 12.7. The van der Waals surface area contributed by atoms with Crippen LogP contribution in [0.4, 0.5) is 11.6 Å². The minimum atomic E-state index is -0.0503. The van der Waals surface area contributed by atoms with Gasteiger partial charge in [0.15, 0.2) is 5.65 Å². The lowest BCUT2D eigenvalue weighted by molar-refractivity contribution is -0.120. The lowest BCUT2D eigenvalue weighted by atomic mass is 9.97. The normalized spacial score (nSPS) is 17.4. The number of nitrogens with zero attached hydrogens (tertiary/aromatic N) is 4. The van der Waals surface area contributed by atoms with Gasteiger partial charge >= 0.3 is 0 Å². The van der Waals surface area contributed by atoms with Crippen molar-refractivity contribution in [3.05, 3.63) is 54.2 Å². The number of piperidine rings is 1. The van der Waals surface area contributed by atoms with E-state index in [2.05, 4.69) is 39.5 Å². The van der Waals surface area contributed by atoms with Gasteiger partial charge in [-0.05, 0) is 49.1 Å². The number of aryl methyl sites for hydroxylation is 1. The van der Waals surface area contributed by atoms with E-state index < -0.39 is 0 Å². The van der Waals surface area contributed by atoms with Crippen LogP contribution in [-0.4, -0.2) is 33.6 Å². The first-order valence-electron chi connectivity index (χ1n) is 9.19. The minimum absolute atomic E-state index is 0.0503. The lowest BCUT2D eigenvalue weighted by Crippen LogP contribution is -2.41. The van der Waals surface area contributed by atoms with Gasteiger partial charge in [0.1, 0.15) is 0 Å². The van der Waals surface area contributed by atoms with Crippen LogP contribution in [-0.2, 0) is 11.2 Å². The number of aromatic nitrogens is 3. The van der Waals surface area contributed by atoms with Crippen LogP contribution in [0, 0.1) is 5.92 Å². The average Bonchev–Trinajstić information content (AvgIpc) is 3.13. The van der Waals surface area contributed by atoms with Gasteiger partial charge in [0.2, 0.25) is 11.9 Å². The Morgan fingerprint density at radius 1 is 1.19 bits per heavy atom. The molecule has 0 spiro atoms. The summed E-state index contributed by atoms with van der Waals surface area (Å²) >= 11 is 0. The minimum Gasteiger partial charge on any atom is -0.340 e. The summed E-state index contributed by atoms with van der Waals surface area (Å²) in [6.07, 6.45) is 4.82. The van der Waals surface area contributed by atoms with Crippen LogP contribution in [0.3, 0.4) is 0 Å². The van der Waals surface area contributed by atoms with Gasteiger partial charge in [-0.3, -0.25) is 9.20 Å². The Morgan fingerprint density at radius 3 is 2.85 bits per heavy atom. The van der Waals surface area contributed by atoms with Crippen LogP contribution in [0.25, 0.3) is 5.65 Å². The van der Waals surface area contributed by atoms with Crippen LogP contribution in [0.1, 0.15) is 25.3 Å². The van der Waals surface area contributed by atoms with Gasteiger partial charge in [0.05, 0.1) is 5.92 Å². The number of carbonyl (C=O) groups excluding carboxylic acids is 1. The standard InChI is InChI=1S/C20H23N5O/c1-2-15-8-10-17(11-9-15)21-19(26)16-6-5-12-24(14-16)20-23-22-18-7-3-4-13-25(18)20/h3-4,7-11,13,16H,2,5-6,12,14H2,1H3,(H,21,26). The number of nitrogens with one attached hydrogen (secondary N) is 1. The zero-order valence-electron chi connectivity index (χ0n) is 14.9. The van der Waals surface area contributed by atoms with Crippen molar-refractivity contribution >= 4 is 23.2 Å². The Hall–Kier alpha value is -2.89. The van der Waals surface area contributed by atoms with E-state index in [1.807, 2.05) is 40.9 Å². The maximum atomic E-state index is 12.7. The van der Waals surface area contributed by atoms with Crippen LogP contribution in [0.15, 0.2) is 48.7 Å². The molecule has 1 saturated heterocycles. The number of carbonyl (C=O) groups is 1. The molecular weight excluding hydrogens is 326 g/mol. The fourth-order valence-electron chi connectivity index (χ4n) is 3.49. The lowest BCUT2D eigenvalue weighted by Gasteiger charge is -2.32. The first-order valence-corrected chi connectivity index (χ1v) is 9.19. The highest BCUT2D eigenvalue weighted by atomic mass is 16.1. The fraction of sp³-hybridized carbons (Fsp3) is 0.350. The van der Waals surface area contributed by atoms with E-state index in [1.165, 1.54) is 5.56 Å². The summed E-state index contributed by atoms with van der Waals surface area (Å²) in [5.41, 5.74) is 2.95. The third-order valence-electron chi connectivity index (χ3n) is 5.00. The number of rotatable bonds is 4. The quantitative estimate of drug-likeness (QED) is 0.786. The van der Waals surface area contributed by atoms with Crippen LogP contribution < -0.4 is 10.2 Å². The van der Waals surface area contributed by atoms with Gasteiger partial charge in [-0.2, -0.15) is 0 Å². The second kappa shape index (κ2) is 7.15. The van der Waals surface area contributed by atoms with Crippen molar-refractivity contribution in [2.75, 3.05) is 23.3 Å². The molecule has 1 aliphatic heterocycles. The second-order valence-electron chi connectivity index (χ2n) is 6.75. The maximum Gasteiger partial charge on any atom is 0.231 e. The third-order valence-corrected chi connectivity index (χ3v) is 5.00. The highest BCUT2D eigenvalue weighted by molar-refractivity contribution is 5.93. The molecule has 1 unspecified atom stereocenters. The van der Waals surface area contributed by atoms with Crippen molar-refractivity contribution < 1.29 is 4.79 Å². The Balaban J connectivity index is 1.46. The molecule has 2 aromatic heterocycles. The molecule has 1 aromatic carbocycles. The fourth-order valence-corrected chi connectivity index (χ4v) is 3.49. The summed E-state index contributed by atoms with van der Waals surface area (Å²) in [5, 5.41) is 11.6. The number of pyridine rings is 1. The molecule has 1 N–H and O–H groups in total. The van der Waals surface area contributed by atoms with E-state index in [4.69, 9.17) is 0 Å². The molecule has 3 heterocycles. The summed E-state index contributed by atoms with van der Waals surface area (Å²) in [6.45, 7) is 3.68. The summed E-state index contributed by atoms with van der Waals surface area (Å²) in [4.78, 5) is 14.9. The third kappa shape index (κ3) is 3.27. The SMILES string of the molecule is CCc1ccc(NC(=O)C2CCCN(c3nnc4ccccn34)C2)cc1. The highest BCUT2D eigenvalue weighted by Crippen LogP contribution is 2.23.